The highest BCUT2D eigenvalue weighted by Gasteiger charge is 2.37. The van der Waals surface area contributed by atoms with Gasteiger partial charge in [0.15, 0.2) is 6.04 Å². The number of anilines is 1. The van der Waals surface area contributed by atoms with Gasteiger partial charge >= 0.3 is 5.97 Å². The Kier molecular flexibility index (Phi) is 4.23. The summed E-state index contributed by atoms with van der Waals surface area (Å²) < 4.78 is 0. The molecule has 2 heterocycles. The van der Waals surface area contributed by atoms with E-state index in [2.05, 4.69) is 20.3 Å². The molecule has 3 rings (SSSR count). The highest BCUT2D eigenvalue weighted by atomic mass is 16.4. The third kappa shape index (κ3) is 3.09. The monoisotopic (exact) mass is 328 g/mol. The maximum atomic E-state index is 12.5. The Morgan fingerprint density at radius 3 is 2.75 bits per heavy atom. The fourth-order valence-electron chi connectivity index (χ4n) is 2.47. The fraction of sp³-hybridized carbons (Fsp3) is 0.267. The summed E-state index contributed by atoms with van der Waals surface area (Å²) >= 11 is 0. The Balaban J connectivity index is 1.80. The third-order valence-electron chi connectivity index (χ3n) is 3.66. The van der Waals surface area contributed by atoms with Gasteiger partial charge in [-0.05, 0) is 12.1 Å². The predicted octanol–water partition coefficient (Wildman–Crippen LogP) is 0.483. The fourth-order valence-corrected chi connectivity index (χ4v) is 2.47. The van der Waals surface area contributed by atoms with Gasteiger partial charge in [-0.3, -0.25) is 14.9 Å². The maximum Gasteiger partial charge on any atom is 0.328 e. The van der Waals surface area contributed by atoms with Crippen LogP contribution in [0.2, 0.25) is 0 Å². The van der Waals surface area contributed by atoms with Crippen LogP contribution in [0.15, 0.2) is 41.8 Å². The van der Waals surface area contributed by atoms with Gasteiger partial charge in [-0.15, -0.1) is 0 Å². The molecule has 1 unspecified atom stereocenters. The van der Waals surface area contributed by atoms with E-state index in [1.807, 2.05) is 6.07 Å². The van der Waals surface area contributed by atoms with Crippen LogP contribution in [0.5, 0.6) is 0 Å². The van der Waals surface area contributed by atoms with Gasteiger partial charge in [0.25, 0.3) is 5.91 Å². The predicted molar refractivity (Wildman–Crippen MR) is 85.3 cm³/mol. The second-order valence-electron chi connectivity index (χ2n) is 5.38. The number of carboxylic acids is 1. The quantitative estimate of drug-likeness (QED) is 0.825. The van der Waals surface area contributed by atoms with Gasteiger partial charge in [0.05, 0.1) is 12.2 Å². The van der Waals surface area contributed by atoms with Crippen molar-refractivity contribution < 1.29 is 14.7 Å². The van der Waals surface area contributed by atoms with E-state index in [1.165, 1.54) is 16.2 Å². The van der Waals surface area contributed by atoms with Crippen LogP contribution >= 0.6 is 0 Å². The van der Waals surface area contributed by atoms with Crippen LogP contribution < -0.4 is 5.01 Å². The summed E-state index contributed by atoms with van der Waals surface area (Å²) in [6.07, 6.45) is 1.40. The molecule has 0 aliphatic carbocycles. The van der Waals surface area contributed by atoms with E-state index in [0.29, 0.717) is 11.5 Å². The first kappa shape index (κ1) is 15.7. The van der Waals surface area contributed by atoms with Crippen molar-refractivity contribution in [2.45, 2.75) is 19.0 Å². The Hall–Kier alpha value is -3.23. The topological polar surface area (TPSA) is 115 Å². The van der Waals surface area contributed by atoms with Gasteiger partial charge in [-0.2, -0.15) is 10.2 Å². The first-order valence-electron chi connectivity index (χ1n) is 7.30. The normalized spacial score (nSPS) is 16.8. The molecule has 2 aromatic rings. The van der Waals surface area contributed by atoms with Crippen molar-refractivity contribution in [2.24, 2.45) is 5.10 Å². The molecule has 1 aromatic heterocycles. The lowest BCUT2D eigenvalue weighted by Crippen LogP contribution is -2.36. The van der Waals surface area contributed by atoms with E-state index in [4.69, 9.17) is 0 Å². The first-order chi connectivity index (χ1) is 11.6. The molecule has 1 amide bonds. The number of aliphatic carboxylic acids is 1. The molecule has 0 radical (unpaired) electrons. The Morgan fingerprint density at radius 2 is 2.12 bits per heavy atom. The average Bonchev–Trinajstić information content (AvgIpc) is 3.24. The Bertz CT molecular complexity index is 759. The number of aromatic amines is 1. The van der Waals surface area contributed by atoms with Crippen LogP contribution in [0.1, 0.15) is 12.2 Å². The van der Waals surface area contributed by atoms with Crippen LogP contribution in [-0.2, 0) is 16.1 Å². The van der Waals surface area contributed by atoms with Crippen molar-refractivity contribution >= 4 is 23.3 Å². The number of hydrogen-bond acceptors (Lipinski definition) is 6. The molecule has 2 N–H and O–H groups in total. The van der Waals surface area contributed by atoms with Gasteiger partial charge in [0, 0.05) is 13.5 Å². The van der Waals surface area contributed by atoms with E-state index >= 15 is 0 Å². The molecular weight excluding hydrogens is 312 g/mol. The van der Waals surface area contributed by atoms with Crippen molar-refractivity contribution in [3.8, 4) is 0 Å². The minimum absolute atomic E-state index is 0.0454. The van der Waals surface area contributed by atoms with Crippen LogP contribution in [0.3, 0.4) is 0 Å². The molecule has 0 fully saturated rings. The number of benzene rings is 1. The van der Waals surface area contributed by atoms with Crippen LogP contribution in [0, 0.1) is 0 Å². The SMILES string of the molecule is CN(Cc1ncn[nH]1)C(=O)C1=NN(c2ccccc2)C(C(=O)O)C1. The van der Waals surface area contributed by atoms with Gasteiger partial charge in [0.1, 0.15) is 17.9 Å². The number of nitrogens with zero attached hydrogens (tertiary/aromatic N) is 5. The van der Waals surface area contributed by atoms with Gasteiger partial charge in [-0.25, -0.2) is 9.78 Å². The van der Waals surface area contributed by atoms with Crippen LogP contribution in [0.25, 0.3) is 0 Å². The van der Waals surface area contributed by atoms with Gasteiger partial charge < -0.3 is 10.0 Å². The zero-order chi connectivity index (χ0) is 17.1. The number of para-hydroxylation sites is 1. The number of carbonyl (C=O) groups is 2. The molecule has 0 saturated carbocycles. The Labute approximate surface area is 137 Å². The summed E-state index contributed by atoms with van der Waals surface area (Å²) in [6.45, 7) is 0.237. The molecule has 1 aromatic carbocycles. The number of carbonyl (C=O) groups excluding carboxylic acids is 1. The number of nitrogens with one attached hydrogen (secondary N) is 1. The number of H-pyrrole nitrogens is 1. The standard InChI is InChI=1S/C15H16N6O3/c1-20(8-13-16-9-17-18-13)14(22)11-7-12(15(23)24)21(19-11)10-5-3-2-4-6-10/h2-6,9,12H,7-8H2,1H3,(H,23,24)(H,16,17,18). The van der Waals surface area contributed by atoms with E-state index < -0.39 is 12.0 Å². The Morgan fingerprint density at radius 1 is 1.38 bits per heavy atom. The van der Waals surface area contributed by atoms with Crippen LogP contribution in [0.4, 0.5) is 5.69 Å². The second-order valence-corrected chi connectivity index (χ2v) is 5.38. The molecular formula is C15H16N6O3. The zero-order valence-corrected chi connectivity index (χ0v) is 13.0. The molecule has 9 nitrogen and oxygen atoms in total. The molecule has 0 bridgehead atoms. The molecule has 0 saturated heterocycles. The molecule has 1 aliphatic heterocycles. The molecule has 24 heavy (non-hydrogen) atoms. The van der Waals surface area contributed by atoms with Crippen molar-refractivity contribution in [2.75, 3.05) is 12.1 Å². The number of rotatable bonds is 5. The molecule has 1 aliphatic rings. The number of amides is 1. The highest BCUT2D eigenvalue weighted by Crippen LogP contribution is 2.25. The lowest BCUT2D eigenvalue weighted by atomic mass is 10.1. The highest BCUT2D eigenvalue weighted by molar-refractivity contribution is 6.40. The summed E-state index contributed by atoms with van der Waals surface area (Å²) in [5.74, 6) is -0.821. The summed E-state index contributed by atoms with van der Waals surface area (Å²) in [6, 6.07) is 8.02. The largest absolute Gasteiger partial charge is 0.480 e. The van der Waals surface area contributed by atoms with Gasteiger partial charge in [0.2, 0.25) is 0 Å². The van der Waals surface area contributed by atoms with E-state index in [0.717, 1.165) is 0 Å². The minimum Gasteiger partial charge on any atom is -0.480 e. The van der Waals surface area contributed by atoms with Crippen molar-refractivity contribution in [1.29, 1.82) is 0 Å². The van der Waals surface area contributed by atoms with Crippen molar-refractivity contribution in [3.05, 3.63) is 42.5 Å². The molecule has 9 heteroatoms. The molecule has 1 atom stereocenters. The molecule has 124 valence electrons. The van der Waals surface area contributed by atoms with Crippen LogP contribution in [-0.4, -0.2) is 55.9 Å². The van der Waals surface area contributed by atoms with E-state index in [9.17, 15) is 14.7 Å². The number of carboxylic acid groups (broad SMARTS) is 1. The molecule has 0 spiro atoms. The van der Waals surface area contributed by atoms with Gasteiger partial charge in [-0.1, -0.05) is 18.2 Å². The van der Waals surface area contributed by atoms with E-state index in [1.54, 1.807) is 31.3 Å². The summed E-state index contributed by atoms with van der Waals surface area (Å²) in [4.78, 5) is 29.4. The maximum absolute atomic E-state index is 12.5. The lowest BCUT2D eigenvalue weighted by molar-refractivity contribution is -0.138. The van der Waals surface area contributed by atoms with Crippen molar-refractivity contribution in [1.82, 2.24) is 20.1 Å². The summed E-state index contributed by atoms with van der Waals surface area (Å²) in [5, 5.41) is 21.4. The zero-order valence-electron chi connectivity index (χ0n) is 13.0. The number of aromatic nitrogens is 3. The first-order valence-corrected chi connectivity index (χ1v) is 7.30. The second kappa shape index (κ2) is 6.49. The smallest absolute Gasteiger partial charge is 0.328 e. The summed E-state index contributed by atoms with van der Waals surface area (Å²) in [7, 11) is 1.61. The van der Waals surface area contributed by atoms with Crippen molar-refractivity contribution in [3.63, 3.8) is 0 Å². The lowest BCUT2D eigenvalue weighted by Gasteiger charge is -2.19. The minimum atomic E-state index is -1.02. The third-order valence-corrected chi connectivity index (χ3v) is 3.66. The number of hydrogen-bond donors (Lipinski definition) is 2. The number of hydrazone groups is 1. The van der Waals surface area contributed by atoms with E-state index in [-0.39, 0.29) is 24.6 Å². The average molecular weight is 328 g/mol. The summed E-state index contributed by atoms with van der Waals surface area (Å²) in [5.41, 5.74) is 0.832.